The minimum atomic E-state index is 0.977. The molecule has 2 aromatic heterocycles. The van der Waals surface area contributed by atoms with Gasteiger partial charge in [-0.25, -0.2) is 0 Å². The summed E-state index contributed by atoms with van der Waals surface area (Å²) < 4.78 is 0. The molecular weight excluding hydrogens is 424 g/mol. The fraction of sp³-hybridized carbons (Fsp3) is 0.0303. The van der Waals surface area contributed by atoms with Crippen molar-refractivity contribution >= 4 is 10.8 Å². The Labute approximate surface area is 205 Å². The lowest BCUT2D eigenvalue weighted by atomic mass is 9.88. The van der Waals surface area contributed by atoms with Gasteiger partial charge < -0.3 is 0 Å². The fourth-order valence-corrected chi connectivity index (χ4v) is 4.91. The molecule has 0 bridgehead atoms. The molecule has 35 heavy (non-hydrogen) atoms. The van der Waals surface area contributed by atoms with E-state index >= 15 is 0 Å². The minimum absolute atomic E-state index is 0.977. The molecule has 0 aliphatic carbocycles. The smallest absolute Gasteiger partial charge is 0.0702 e. The average Bonchev–Trinajstić information content (AvgIpc) is 2.94. The van der Waals surface area contributed by atoms with Crippen molar-refractivity contribution in [2.75, 3.05) is 0 Å². The standard InChI is InChI=1S/C33H24N2/c1-23-27(24-9-3-2-4-10-24)13-8-14-28(23)30-17-16-29(31-18-20-34-22-32(30)31)25-11-7-12-26(21-25)33-15-5-6-19-35-33/h2-22H,1H3. The predicted octanol–water partition coefficient (Wildman–Crippen LogP) is 8.61. The molecule has 0 radical (unpaired) electrons. The first-order valence-electron chi connectivity index (χ1n) is 11.8. The van der Waals surface area contributed by atoms with Gasteiger partial charge in [0.15, 0.2) is 0 Å². The lowest BCUT2D eigenvalue weighted by Gasteiger charge is -2.16. The lowest BCUT2D eigenvalue weighted by Crippen LogP contribution is -1.92. The molecular formula is C33H24N2. The molecule has 0 unspecified atom stereocenters. The number of hydrogen-bond donors (Lipinski definition) is 0. The summed E-state index contributed by atoms with van der Waals surface area (Å²) in [5.74, 6) is 0. The summed E-state index contributed by atoms with van der Waals surface area (Å²) in [4.78, 5) is 9.03. The zero-order valence-corrected chi connectivity index (χ0v) is 19.5. The normalized spacial score (nSPS) is 11.0. The van der Waals surface area contributed by atoms with Gasteiger partial charge in [0.05, 0.1) is 5.69 Å². The number of rotatable bonds is 4. The molecule has 166 valence electrons. The molecule has 6 aromatic rings. The summed E-state index contributed by atoms with van der Waals surface area (Å²) in [7, 11) is 0. The molecule has 0 aliphatic heterocycles. The number of hydrogen-bond acceptors (Lipinski definition) is 2. The molecule has 2 nitrogen and oxygen atoms in total. The van der Waals surface area contributed by atoms with Crippen LogP contribution < -0.4 is 0 Å². The molecule has 0 saturated carbocycles. The van der Waals surface area contributed by atoms with E-state index in [4.69, 9.17) is 0 Å². The van der Waals surface area contributed by atoms with Crippen molar-refractivity contribution < 1.29 is 0 Å². The first kappa shape index (κ1) is 21.0. The molecule has 0 spiro atoms. The van der Waals surface area contributed by atoms with Crippen molar-refractivity contribution in [1.29, 1.82) is 0 Å². The van der Waals surface area contributed by atoms with Crippen LogP contribution in [0.1, 0.15) is 5.56 Å². The molecule has 6 rings (SSSR count). The molecule has 2 heteroatoms. The molecule has 2 heterocycles. The van der Waals surface area contributed by atoms with Crippen molar-refractivity contribution in [3.8, 4) is 44.6 Å². The zero-order valence-electron chi connectivity index (χ0n) is 19.5. The van der Waals surface area contributed by atoms with Gasteiger partial charge in [-0.05, 0) is 75.5 Å². The summed E-state index contributed by atoms with van der Waals surface area (Å²) in [6.07, 6.45) is 5.71. The maximum atomic E-state index is 4.53. The van der Waals surface area contributed by atoms with Crippen LogP contribution in [0.25, 0.3) is 55.4 Å². The van der Waals surface area contributed by atoms with E-state index in [1.165, 1.54) is 44.3 Å². The van der Waals surface area contributed by atoms with Crippen molar-refractivity contribution in [2.24, 2.45) is 0 Å². The van der Waals surface area contributed by atoms with Gasteiger partial charge in [-0.15, -0.1) is 0 Å². The topological polar surface area (TPSA) is 25.8 Å². The summed E-state index contributed by atoms with van der Waals surface area (Å²) >= 11 is 0. The van der Waals surface area contributed by atoms with E-state index < -0.39 is 0 Å². The van der Waals surface area contributed by atoms with E-state index in [2.05, 4.69) is 108 Å². The van der Waals surface area contributed by atoms with E-state index in [-0.39, 0.29) is 0 Å². The van der Waals surface area contributed by atoms with Gasteiger partial charge in [0, 0.05) is 29.5 Å². The Kier molecular flexibility index (Phi) is 5.40. The lowest BCUT2D eigenvalue weighted by molar-refractivity contribution is 1.33. The van der Waals surface area contributed by atoms with E-state index in [9.17, 15) is 0 Å². The van der Waals surface area contributed by atoms with Gasteiger partial charge in [-0.1, -0.05) is 84.9 Å². The SMILES string of the molecule is Cc1c(-c2ccccc2)cccc1-c1ccc(-c2cccc(-c3ccccn3)c2)c2ccncc12. The Bertz CT molecular complexity index is 1640. The maximum Gasteiger partial charge on any atom is 0.0702 e. The van der Waals surface area contributed by atoms with Crippen molar-refractivity contribution in [3.63, 3.8) is 0 Å². The van der Waals surface area contributed by atoms with Crippen LogP contribution >= 0.6 is 0 Å². The monoisotopic (exact) mass is 448 g/mol. The second-order valence-electron chi connectivity index (χ2n) is 8.72. The van der Waals surface area contributed by atoms with Gasteiger partial charge in [-0.3, -0.25) is 9.97 Å². The first-order chi connectivity index (χ1) is 17.3. The summed E-state index contributed by atoms with van der Waals surface area (Å²) in [6, 6.07) is 38.4. The predicted molar refractivity (Wildman–Crippen MR) is 146 cm³/mol. The Morgan fingerprint density at radius 1 is 0.486 bits per heavy atom. The quantitative estimate of drug-likeness (QED) is 0.270. The number of nitrogens with zero attached hydrogens (tertiary/aromatic N) is 2. The van der Waals surface area contributed by atoms with Crippen LogP contribution in [0.3, 0.4) is 0 Å². The third kappa shape index (κ3) is 3.89. The first-order valence-corrected chi connectivity index (χ1v) is 11.8. The largest absolute Gasteiger partial charge is 0.264 e. The van der Waals surface area contributed by atoms with Crippen LogP contribution in [-0.2, 0) is 0 Å². The van der Waals surface area contributed by atoms with Gasteiger partial charge in [0.2, 0.25) is 0 Å². The van der Waals surface area contributed by atoms with Crippen LogP contribution in [0.15, 0.2) is 128 Å². The van der Waals surface area contributed by atoms with E-state index in [1.54, 1.807) is 0 Å². The van der Waals surface area contributed by atoms with E-state index in [0.717, 1.165) is 16.6 Å². The number of benzene rings is 4. The van der Waals surface area contributed by atoms with Crippen LogP contribution in [-0.4, -0.2) is 9.97 Å². The number of pyridine rings is 2. The minimum Gasteiger partial charge on any atom is -0.264 e. The molecule has 0 atom stereocenters. The van der Waals surface area contributed by atoms with Gasteiger partial charge in [-0.2, -0.15) is 0 Å². The Hall–Kier alpha value is -4.56. The molecule has 0 fully saturated rings. The Morgan fingerprint density at radius 3 is 2.09 bits per heavy atom. The van der Waals surface area contributed by atoms with Crippen molar-refractivity contribution in [1.82, 2.24) is 9.97 Å². The molecule has 0 amide bonds. The van der Waals surface area contributed by atoms with Crippen LogP contribution in [0, 0.1) is 6.92 Å². The van der Waals surface area contributed by atoms with Gasteiger partial charge >= 0.3 is 0 Å². The summed E-state index contributed by atoms with van der Waals surface area (Å²) in [5.41, 5.74) is 10.7. The number of fused-ring (bicyclic) bond motifs is 1. The Morgan fingerprint density at radius 2 is 1.23 bits per heavy atom. The van der Waals surface area contributed by atoms with Crippen LogP contribution in [0.5, 0.6) is 0 Å². The third-order valence-corrected chi connectivity index (χ3v) is 6.66. The van der Waals surface area contributed by atoms with E-state index in [0.29, 0.717) is 0 Å². The highest BCUT2D eigenvalue weighted by atomic mass is 14.7. The van der Waals surface area contributed by atoms with Gasteiger partial charge in [0.25, 0.3) is 0 Å². The molecule has 0 aliphatic rings. The van der Waals surface area contributed by atoms with Crippen LogP contribution in [0.2, 0.25) is 0 Å². The second kappa shape index (κ2) is 9.00. The highest BCUT2D eigenvalue weighted by Crippen LogP contribution is 2.39. The fourth-order valence-electron chi connectivity index (χ4n) is 4.91. The molecule has 0 N–H and O–H groups in total. The Balaban J connectivity index is 1.51. The number of aromatic nitrogens is 2. The zero-order chi connectivity index (χ0) is 23.6. The van der Waals surface area contributed by atoms with Crippen molar-refractivity contribution in [2.45, 2.75) is 6.92 Å². The maximum absolute atomic E-state index is 4.53. The summed E-state index contributed by atoms with van der Waals surface area (Å²) in [5, 5.41) is 2.35. The molecule has 4 aromatic carbocycles. The van der Waals surface area contributed by atoms with Crippen molar-refractivity contribution in [3.05, 3.63) is 133 Å². The average molecular weight is 449 g/mol. The van der Waals surface area contributed by atoms with E-state index in [1.807, 2.05) is 36.8 Å². The summed E-state index contributed by atoms with van der Waals surface area (Å²) in [6.45, 7) is 2.21. The van der Waals surface area contributed by atoms with Gasteiger partial charge in [0.1, 0.15) is 0 Å². The third-order valence-electron chi connectivity index (χ3n) is 6.66. The van der Waals surface area contributed by atoms with Crippen LogP contribution in [0.4, 0.5) is 0 Å². The second-order valence-corrected chi connectivity index (χ2v) is 8.72. The highest BCUT2D eigenvalue weighted by Gasteiger charge is 2.14. The molecule has 0 saturated heterocycles. The highest BCUT2D eigenvalue weighted by molar-refractivity contribution is 6.05.